The van der Waals surface area contributed by atoms with E-state index in [0.717, 1.165) is 39.7 Å². The van der Waals surface area contributed by atoms with Gasteiger partial charge in [-0.3, -0.25) is 9.39 Å². The fraction of sp³-hybridized carbons (Fsp3) is 0.154. The lowest BCUT2D eigenvalue weighted by atomic mass is 10.1. The average Bonchev–Trinajstić information content (AvgIpc) is 3.55. The van der Waals surface area contributed by atoms with Crippen molar-refractivity contribution < 1.29 is 4.74 Å². The number of ether oxygens (including phenoxy) is 1. The summed E-state index contributed by atoms with van der Waals surface area (Å²) < 4.78 is 9.79. The van der Waals surface area contributed by atoms with Crippen LogP contribution in [-0.4, -0.2) is 47.9 Å². The van der Waals surface area contributed by atoms with Crippen molar-refractivity contribution in [2.45, 2.75) is 13.2 Å². The standard InChI is InChI=1S/C26H26N10O/c1-28-14-22(34-27)19-5-3-18(4-6-19)13-30-24-12-21(32-17-33-24)23-15-31-25-11-20(7-9-36(23)25)37-16-26-29-8-10-35(26)2/h3-12,14-15,17H,13,16,27H2,1-2H3,(H,30,32,33)/b28-14?,34-22+. The maximum Gasteiger partial charge on any atom is 0.146 e. The highest BCUT2D eigenvalue weighted by Crippen LogP contribution is 2.23. The van der Waals surface area contributed by atoms with E-state index < -0.39 is 0 Å². The molecular formula is C26H26N10O. The molecule has 0 aliphatic rings. The number of nitrogens with one attached hydrogen (secondary N) is 1. The van der Waals surface area contributed by atoms with Crippen LogP contribution in [0.5, 0.6) is 5.75 Å². The summed E-state index contributed by atoms with van der Waals surface area (Å²) in [6, 6.07) is 13.6. The van der Waals surface area contributed by atoms with Crippen molar-refractivity contribution in [3.8, 4) is 17.1 Å². The quantitative estimate of drug-likeness (QED) is 0.183. The Morgan fingerprint density at radius 3 is 2.70 bits per heavy atom. The predicted octanol–water partition coefficient (Wildman–Crippen LogP) is 3.08. The largest absolute Gasteiger partial charge is 0.485 e. The first-order valence-corrected chi connectivity index (χ1v) is 11.6. The van der Waals surface area contributed by atoms with Gasteiger partial charge in [0.2, 0.25) is 0 Å². The van der Waals surface area contributed by atoms with Crippen LogP contribution in [0.1, 0.15) is 17.0 Å². The van der Waals surface area contributed by atoms with Crippen molar-refractivity contribution >= 4 is 23.4 Å². The Labute approximate surface area is 213 Å². The van der Waals surface area contributed by atoms with Gasteiger partial charge in [-0.15, -0.1) is 0 Å². The summed E-state index contributed by atoms with van der Waals surface area (Å²) >= 11 is 0. The summed E-state index contributed by atoms with van der Waals surface area (Å²) in [7, 11) is 3.62. The summed E-state index contributed by atoms with van der Waals surface area (Å²) in [4.78, 5) is 21.6. The Hall–Kier alpha value is -5.06. The zero-order valence-corrected chi connectivity index (χ0v) is 20.5. The molecule has 0 spiro atoms. The summed E-state index contributed by atoms with van der Waals surface area (Å²) in [5, 5.41) is 7.12. The van der Waals surface area contributed by atoms with Crippen molar-refractivity contribution in [1.82, 2.24) is 28.9 Å². The van der Waals surface area contributed by atoms with Crippen LogP contribution in [0.25, 0.3) is 17.0 Å². The molecule has 11 nitrogen and oxygen atoms in total. The topological polar surface area (TPSA) is 133 Å². The van der Waals surface area contributed by atoms with Crippen LogP contribution in [0.4, 0.5) is 5.82 Å². The number of hydrogen-bond acceptors (Lipinski definition) is 9. The maximum absolute atomic E-state index is 5.89. The molecule has 37 heavy (non-hydrogen) atoms. The van der Waals surface area contributed by atoms with E-state index in [1.807, 2.05) is 70.9 Å². The zero-order chi connectivity index (χ0) is 25.6. The summed E-state index contributed by atoms with van der Waals surface area (Å²) in [5.41, 5.74) is 4.98. The summed E-state index contributed by atoms with van der Waals surface area (Å²) in [5.74, 6) is 7.73. The molecule has 0 aliphatic heterocycles. The number of pyridine rings is 1. The number of aryl methyl sites for hydroxylation is 1. The van der Waals surface area contributed by atoms with Crippen molar-refractivity contribution in [3.05, 3.63) is 90.5 Å². The third-order valence-electron chi connectivity index (χ3n) is 5.82. The van der Waals surface area contributed by atoms with Gasteiger partial charge >= 0.3 is 0 Å². The highest BCUT2D eigenvalue weighted by atomic mass is 16.5. The molecule has 4 aromatic heterocycles. The molecule has 0 saturated heterocycles. The monoisotopic (exact) mass is 494 g/mol. The van der Waals surface area contributed by atoms with Crippen molar-refractivity contribution in [2.24, 2.45) is 23.0 Å². The van der Waals surface area contributed by atoms with Crippen LogP contribution in [0.2, 0.25) is 0 Å². The van der Waals surface area contributed by atoms with Gasteiger partial charge in [0.15, 0.2) is 0 Å². The lowest BCUT2D eigenvalue weighted by Gasteiger charge is -2.09. The number of nitrogens with zero attached hydrogens (tertiary/aromatic N) is 8. The number of hydrogen-bond donors (Lipinski definition) is 2. The molecule has 0 unspecified atom stereocenters. The van der Waals surface area contributed by atoms with Crippen molar-refractivity contribution in [1.29, 1.82) is 0 Å². The van der Waals surface area contributed by atoms with Crippen LogP contribution in [0.3, 0.4) is 0 Å². The van der Waals surface area contributed by atoms with E-state index >= 15 is 0 Å². The Morgan fingerprint density at radius 2 is 1.95 bits per heavy atom. The van der Waals surface area contributed by atoms with Gasteiger partial charge in [0.1, 0.15) is 41.7 Å². The normalized spacial score (nSPS) is 11.9. The van der Waals surface area contributed by atoms with Crippen LogP contribution >= 0.6 is 0 Å². The molecule has 0 aliphatic carbocycles. The smallest absolute Gasteiger partial charge is 0.146 e. The number of nitrogens with two attached hydrogens (primary N) is 1. The van der Waals surface area contributed by atoms with Gasteiger partial charge in [-0.05, 0) is 11.6 Å². The second-order valence-electron chi connectivity index (χ2n) is 8.22. The van der Waals surface area contributed by atoms with Gasteiger partial charge in [0.05, 0.1) is 17.6 Å². The molecule has 186 valence electrons. The number of aliphatic imine (C=N–C) groups is 1. The van der Waals surface area contributed by atoms with Crippen LogP contribution < -0.4 is 15.9 Å². The minimum absolute atomic E-state index is 0.381. The minimum Gasteiger partial charge on any atom is -0.485 e. The van der Waals surface area contributed by atoms with Crippen LogP contribution in [0.15, 0.2) is 83.7 Å². The maximum atomic E-state index is 5.89. The summed E-state index contributed by atoms with van der Waals surface area (Å²) in [6.45, 7) is 0.975. The molecule has 4 heterocycles. The zero-order valence-electron chi connectivity index (χ0n) is 20.5. The summed E-state index contributed by atoms with van der Waals surface area (Å²) in [6.07, 6.45) is 10.5. The van der Waals surface area contributed by atoms with E-state index in [1.165, 1.54) is 0 Å². The number of aromatic nitrogens is 6. The molecule has 1 aromatic carbocycles. The number of rotatable bonds is 9. The molecule has 0 atom stereocenters. The SMILES string of the molecule is CN=C/C(=N\N)c1ccc(CNc2cc(-c3cnc4cc(OCc5nccn5C)ccn34)ncn2)cc1. The lowest BCUT2D eigenvalue weighted by Crippen LogP contribution is -2.07. The molecule has 0 radical (unpaired) electrons. The molecular weight excluding hydrogens is 468 g/mol. The van der Waals surface area contributed by atoms with E-state index in [-0.39, 0.29) is 0 Å². The first-order chi connectivity index (χ1) is 18.1. The number of hydrazone groups is 1. The fourth-order valence-corrected chi connectivity index (χ4v) is 3.81. The van der Waals surface area contributed by atoms with Gasteiger partial charge in [0, 0.05) is 63.1 Å². The second kappa shape index (κ2) is 10.7. The molecule has 0 fully saturated rings. The molecule has 0 amide bonds. The van der Waals surface area contributed by atoms with Gasteiger partial charge in [-0.1, -0.05) is 24.3 Å². The highest BCUT2D eigenvalue weighted by molar-refractivity contribution is 6.38. The van der Waals surface area contributed by atoms with Gasteiger partial charge in [-0.25, -0.2) is 19.9 Å². The molecule has 3 N–H and O–H groups in total. The van der Waals surface area contributed by atoms with Gasteiger partial charge in [0.25, 0.3) is 0 Å². The molecule has 0 bridgehead atoms. The Bertz CT molecular complexity index is 1570. The molecule has 11 heteroatoms. The Balaban J connectivity index is 1.27. The predicted molar refractivity (Wildman–Crippen MR) is 143 cm³/mol. The van der Waals surface area contributed by atoms with Crippen LogP contribution in [-0.2, 0) is 20.2 Å². The first kappa shape index (κ1) is 23.7. The Morgan fingerprint density at radius 1 is 1.08 bits per heavy atom. The lowest BCUT2D eigenvalue weighted by molar-refractivity contribution is 0.292. The first-order valence-electron chi connectivity index (χ1n) is 11.6. The minimum atomic E-state index is 0.381. The van der Waals surface area contributed by atoms with Crippen molar-refractivity contribution in [3.63, 3.8) is 0 Å². The molecule has 0 saturated carbocycles. The van der Waals surface area contributed by atoms with Crippen molar-refractivity contribution in [2.75, 3.05) is 12.4 Å². The van der Waals surface area contributed by atoms with Crippen LogP contribution in [0, 0.1) is 0 Å². The fourth-order valence-electron chi connectivity index (χ4n) is 3.81. The Kier molecular flexibility index (Phi) is 6.84. The van der Waals surface area contributed by atoms with E-state index in [4.69, 9.17) is 10.6 Å². The number of anilines is 1. The highest BCUT2D eigenvalue weighted by Gasteiger charge is 2.10. The van der Waals surface area contributed by atoms with Gasteiger partial charge in [-0.2, -0.15) is 5.10 Å². The number of benzene rings is 1. The third-order valence-corrected chi connectivity index (χ3v) is 5.82. The number of fused-ring (bicyclic) bond motifs is 1. The average molecular weight is 495 g/mol. The third kappa shape index (κ3) is 5.30. The second-order valence-corrected chi connectivity index (χ2v) is 8.22. The van der Waals surface area contributed by atoms with Gasteiger partial charge < -0.3 is 20.5 Å². The van der Waals surface area contributed by atoms with E-state index in [9.17, 15) is 0 Å². The van der Waals surface area contributed by atoms with E-state index in [2.05, 4.69) is 35.3 Å². The molecule has 5 aromatic rings. The molecule has 5 rings (SSSR count). The number of imidazole rings is 2. The van der Waals surface area contributed by atoms with E-state index in [1.54, 1.807) is 32.0 Å². The van der Waals surface area contributed by atoms with E-state index in [0.29, 0.717) is 24.7 Å².